The Kier molecular flexibility index (Phi) is 4.09. The van der Waals surface area contributed by atoms with E-state index in [-0.39, 0.29) is 12.0 Å². The van der Waals surface area contributed by atoms with Gasteiger partial charge in [-0.2, -0.15) is 0 Å². The number of hydrogen-bond donors (Lipinski definition) is 1. The van der Waals surface area contributed by atoms with Gasteiger partial charge in [-0.3, -0.25) is 4.79 Å². The first-order valence-corrected chi connectivity index (χ1v) is 6.60. The highest BCUT2D eigenvalue weighted by molar-refractivity contribution is 7.09. The van der Waals surface area contributed by atoms with Crippen LogP contribution in [0.3, 0.4) is 0 Å². The molecule has 2 heterocycles. The van der Waals surface area contributed by atoms with Crippen LogP contribution in [0.25, 0.3) is 0 Å². The van der Waals surface area contributed by atoms with Crippen molar-refractivity contribution < 1.29 is 9.53 Å². The standard InChI is InChI=1S/C11H17N3O2S/c1-14(6-8-3-2-4-16-8)11(15)9-7-17-10(5-12)13-9/h7-8H,2-6,12H2,1H3. The van der Waals surface area contributed by atoms with Crippen LogP contribution in [0.2, 0.25) is 0 Å². The summed E-state index contributed by atoms with van der Waals surface area (Å²) in [7, 11) is 1.78. The monoisotopic (exact) mass is 255 g/mol. The maximum Gasteiger partial charge on any atom is 0.273 e. The lowest BCUT2D eigenvalue weighted by atomic mass is 10.2. The Morgan fingerprint density at radius 3 is 3.18 bits per heavy atom. The van der Waals surface area contributed by atoms with Crippen molar-refractivity contribution in [2.45, 2.75) is 25.5 Å². The molecule has 2 rings (SSSR count). The second kappa shape index (κ2) is 5.57. The number of carbonyl (C=O) groups is 1. The van der Waals surface area contributed by atoms with E-state index in [1.54, 1.807) is 17.3 Å². The van der Waals surface area contributed by atoms with Gasteiger partial charge in [-0.15, -0.1) is 11.3 Å². The lowest BCUT2D eigenvalue weighted by molar-refractivity contribution is 0.0583. The van der Waals surface area contributed by atoms with E-state index in [4.69, 9.17) is 10.5 Å². The lowest BCUT2D eigenvalue weighted by Crippen LogP contribution is -2.34. The first-order valence-electron chi connectivity index (χ1n) is 5.72. The van der Waals surface area contributed by atoms with Crippen LogP contribution < -0.4 is 5.73 Å². The third-order valence-corrected chi connectivity index (χ3v) is 3.66. The summed E-state index contributed by atoms with van der Waals surface area (Å²) < 4.78 is 5.50. The van der Waals surface area contributed by atoms with Gasteiger partial charge in [0.25, 0.3) is 5.91 Å². The van der Waals surface area contributed by atoms with E-state index in [0.717, 1.165) is 24.5 Å². The maximum absolute atomic E-state index is 12.0. The molecule has 1 saturated heterocycles. The minimum atomic E-state index is -0.0588. The zero-order valence-corrected chi connectivity index (χ0v) is 10.7. The van der Waals surface area contributed by atoms with E-state index in [9.17, 15) is 4.79 Å². The molecule has 1 atom stereocenters. The summed E-state index contributed by atoms with van der Waals surface area (Å²) in [5.74, 6) is -0.0588. The van der Waals surface area contributed by atoms with Crippen molar-refractivity contribution in [2.24, 2.45) is 5.73 Å². The molecule has 1 aromatic heterocycles. The van der Waals surface area contributed by atoms with Crippen molar-refractivity contribution in [3.63, 3.8) is 0 Å². The van der Waals surface area contributed by atoms with Crippen molar-refractivity contribution in [1.29, 1.82) is 0 Å². The Hall–Kier alpha value is -0.980. The first-order chi connectivity index (χ1) is 8.20. The van der Waals surface area contributed by atoms with Crippen molar-refractivity contribution in [3.8, 4) is 0 Å². The Labute approximate surface area is 105 Å². The van der Waals surface area contributed by atoms with Gasteiger partial charge in [-0.1, -0.05) is 0 Å². The number of hydrogen-bond acceptors (Lipinski definition) is 5. The molecule has 0 aliphatic carbocycles. The summed E-state index contributed by atoms with van der Waals surface area (Å²) >= 11 is 1.42. The summed E-state index contributed by atoms with van der Waals surface area (Å²) in [5, 5.41) is 2.55. The number of nitrogens with two attached hydrogens (primary N) is 1. The number of carbonyl (C=O) groups excluding carboxylic acids is 1. The molecule has 1 aliphatic rings. The molecule has 2 N–H and O–H groups in total. The number of aromatic nitrogens is 1. The number of likely N-dealkylation sites (N-methyl/N-ethyl adjacent to an activating group) is 1. The van der Waals surface area contributed by atoms with Crippen LogP contribution in [0.15, 0.2) is 5.38 Å². The summed E-state index contributed by atoms with van der Waals surface area (Å²) in [5.41, 5.74) is 5.96. The van der Waals surface area contributed by atoms with Gasteiger partial charge >= 0.3 is 0 Å². The molecule has 0 saturated carbocycles. The Balaban J connectivity index is 1.93. The molecule has 1 unspecified atom stereocenters. The van der Waals surface area contributed by atoms with Crippen LogP contribution in [-0.4, -0.2) is 42.1 Å². The van der Waals surface area contributed by atoms with E-state index in [2.05, 4.69) is 4.98 Å². The van der Waals surface area contributed by atoms with E-state index in [1.165, 1.54) is 11.3 Å². The summed E-state index contributed by atoms with van der Waals surface area (Å²) in [6.45, 7) is 1.82. The summed E-state index contributed by atoms with van der Waals surface area (Å²) in [4.78, 5) is 17.9. The molecule has 1 aliphatic heterocycles. The van der Waals surface area contributed by atoms with Crippen molar-refractivity contribution in [1.82, 2.24) is 9.88 Å². The van der Waals surface area contributed by atoms with Crippen LogP contribution >= 0.6 is 11.3 Å². The molecular formula is C11H17N3O2S. The summed E-state index contributed by atoms with van der Waals surface area (Å²) in [6.07, 6.45) is 2.29. The van der Waals surface area contributed by atoms with E-state index in [0.29, 0.717) is 18.8 Å². The van der Waals surface area contributed by atoms with Crippen molar-refractivity contribution in [3.05, 3.63) is 16.1 Å². The SMILES string of the molecule is CN(CC1CCCO1)C(=O)c1csc(CN)n1. The van der Waals surface area contributed by atoms with Gasteiger partial charge in [-0.05, 0) is 12.8 Å². The molecule has 6 heteroatoms. The highest BCUT2D eigenvalue weighted by Gasteiger charge is 2.22. The quantitative estimate of drug-likeness (QED) is 0.866. The van der Waals surface area contributed by atoms with Gasteiger partial charge in [0.15, 0.2) is 0 Å². The molecule has 94 valence electrons. The smallest absolute Gasteiger partial charge is 0.273 e. The Morgan fingerprint density at radius 1 is 1.76 bits per heavy atom. The molecule has 1 fully saturated rings. The number of nitrogens with zero attached hydrogens (tertiary/aromatic N) is 2. The number of ether oxygens (including phenoxy) is 1. The van der Waals surface area contributed by atoms with Crippen LogP contribution in [0, 0.1) is 0 Å². The third-order valence-electron chi connectivity index (χ3n) is 2.79. The van der Waals surface area contributed by atoms with Crippen LogP contribution in [0.5, 0.6) is 0 Å². The molecule has 0 radical (unpaired) electrons. The molecule has 5 nitrogen and oxygen atoms in total. The minimum absolute atomic E-state index is 0.0588. The molecular weight excluding hydrogens is 238 g/mol. The second-order valence-corrected chi connectivity index (χ2v) is 5.09. The fourth-order valence-electron chi connectivity index (χ4n) is 1.88. The zero-order chi connectivity index (χ0) is 12.3. The molecule has 17 heavy (non-hydrogen) atoms. The highest BCUT2D eigenvalue weighted by atomic mass is 32.1. The molecule has 0 bridgehead atoms. The van der Waals surface area contributed by atoms with Gasteiger partial charge in [0.1, 0.15) is 10.7 Å². The first kappa shape index (κ1) is 12.5. The Bertz CT molecular complexity index is 388. The molecule has 0 aromatic carbocycles. The van der Waals surface area contributed by atoms with Gasteiger partial charge in [0.05, 0.1) is 6.10 Å². The Morgan fingerprint density at radius 2 is 2.59 bits per heavy atom. The van der Waals surface area contributed by atoms with Crippen molar-refractivity contribution >= 4 is 17.2 Å². The van der Waals surface area contributed by atoms with Gasteiger partial charge in [0, 0.05) is 32.1 Å². The molecule has 1 aromatic rings. The number of thiazole rings is 1. The predicted octanol–water partition coefficient (Wildman–Crippen LogP) is 0.853. The topological polar surface area (TPSA) is 68.5 Å². The highest BCUT2D eigenvalue weighted by Crippen LogP contribution is 2.15. The zero-order valence-electron chi connectivity index (χ0n) is 9.89. The van der Waals surface area contributed by atoms with Gasteiger partial charge < -0.3 is 15.4 Å². The summed E-state index contributed by atoms with van der Waals surface area (Å²) in [6, 6.07) is 0. The van der Waals surface area contributed by atoms with Crippen LogP contribution in [-0.2, 0) is 11.3 Å². The number of amides is 1. The largest absolute Gasteiger partial charge is 0.376 e. The normalized spacial score (nSPS) is 19.5. The fourth-order valence-corrected chi connectivity index (χ4v) is 2.52. The average Bonchev–Trinajstić information content (AvgIpc) is 2.98. The minimum Gasteiger partial charge on any atom is -0.376 e. The third kappa shape index (κ3) is 3.02. The molecule has 0 spiro atoms. The fraction of sp³-hybridized carbons (Fsp3) is 0.636. The second-order valence-electron chi connectivity index (χ2n) is 4.15. The predicted molar refractivity (Wildman–Crippen MR) is 65.9 cm³/mol. The average molecular weight is 255 g/mol. The van der Waals surface area contributed by atoms with Crippen molar-refractivity contribution in [2.75, 3.05) is 20.2 Å². The van der Waals surface area contributed by atoms with E-state index >= 15 is 0 Å². The van der Waals surface area contributed by atoms with Crippen LogP contribution in [0.1, 0.15) is 28.3 Å². The van der Waals surface area contributed by atoms with E-state index < -0.39 is 0 Å². The van der Waals surface area contributed by atoms with E-state index in [1.807, 2.05) is 0 Å². The number of rotatable bonds is 4. The van der Waals surface area contributed by atoms with Gasteiger partial charge in [-0.25, -0.2) is 4.98 Å². The lowest BCUT2D eigenvalue weighted by Gasteiger charge is -2.19. The van der Waals surface area contributed by atoms with Crippen LogP contribution in [0.4, 0.5) is 0 Å². The maximum atomic E-state index is 12.0. The molecule has 1 amide bonds. The van der Waals surface area contributed by atoms with Gasteiger partial charge in [0.2, 0.25) is 0 Å².